The van der Waals surface area contributed by atoms with Crippen molar-refractivity contribution >= 4 is 5.97 Å². The third-order valence-corrected chi connectivity index (χ3v) is 10.2. The lowest BCUT2D eigenvalue weighted by atomic mass is 9.74. The van der Waals surface area contributed by atoms with Crippen LogP contribution in [0, 0.1) is 0 Å². The van der Waals surface area contributed by atoms with E-state index in [1.54, 1.807) is 0 Å². The van der Waals surface area contributed by atoms with Crippen LogP contribution in [0.15, 0.2) is 66.7 Å². The molecule has 3 aliphatic heterocycles. The molecule has 54 heavy (non-hydrogen) atoms. The molecule has 3 heterocycles. The molecule has 0 fully saturated rings. The van der Waals surface area contributed by atoms with Crippen molar-refractivity contribution in [2.75, 3.05) is 0 Å². The summed E-state index contributed by atoms with van der Waals surface area (Å²) in [5.74, 6) is -8.07. The van der Waals surface area contributed by atoms with E-state index in [0.29, 0.717) is 5.56 Å². The lowest BCUT2D eigenvalue weighted by Gasteiger charge is -2.42. The summed E-state index contributed by atoms with van der Waals surface area (Å²) in [6, 6.07) is 13.5. The quantitative estimate of drug-likeness (QED) is 0.0702. The number of aromatic hydroxyl groups is 9. The zero-order valence-electron chi connectivity index (χ0n) is 27.8. The molecule has 8 rings (SSSR count). The average molecular weight is 741 g/mol. The predicted octanol–water partition coefficient (Wildman–Crippen LogP) is 4.14. The molecule has 15 nitrogen and oxygen atoms in total. The fourth-order valence-corrected chi connectivity index (χ4v) is 7.66. The topological polar surface area (TPSA) is 267 Å². The zero-order valence-corrected chi connectivity index (χ0v) is 27.8. The normalized spacial score (nSPS) is 22.9. The molecule has 0 spiro atoms. The third kappa shape index (κ3) is 5.40. The maximum atomic E-state index is 12.9. The van der Waals surface area contributed by atoms with Gasteiger partial charge in [0.1, 0.15) is 46.7 Å². The van der Waals surface area contributed by atoms with Gasteiger partial charge in [0.15, 0.2) is 40.6 Å². The number of aliphatic hydroxyl groups excluding tert-OH is 2. The molecule has 3 aliphatic rings. The molecule has 0 aliphatic carbocycles. The van der Waals surface area contributed by atoms with Gasteiger partial charge in [-0.2, -0.15) is 0 Å². The summed E-state index contributed by atoms with van der Waals surface area (Å²) in [6.07, 6.45) is -6.28. The van der Waals surface area contributed by atoms with E-state index in [1.165, 1.54) is 42.5 Å². The highest BCUT2D eigenvalue weighted by Gasteiger charge is 2.49. The van der Waals surface area contributed by atoms with Crippen molar-refractivity contribution in [3.63, 3.8) is 0 Å². The predicted molar refractivity (Wildman–Crippen MR) is 184 cm³/mol. The van der Waals surface area contributed by atoms with Crippen LogP contribution in [0.2, 0.25) is 0 Å². The number of phenolic OH excluding ortho intramolecular Hbond substituents is 9. The fourth-order valence-electron chi connectivity index (χ4n) is 7.66. The Morgan fingerprint density at radius 3 is 1.63 bits per heavy atom. The molecule has 0 bridgehead atoms. The van der Waals surface area contributed by atoms with E-state index >= 15 is 0 Å². The largest absolute Gasteiger partial charge is 0.507 e. The highest BCUT2D eigenvalue weighted by atomic mass is 16.5. The van der Waals surface area contributed by atoms with Crippen LogP contribution < -0.4 is 14.2 Å². The SMILES string of the molecule is O=C1C[C@H](c2ccc(O)c(O)c2)c2c(cc(O)c3c2O[C@H](c2ccc(O)c(O)c2)[C@@H](O)[C@H]3c2c(O)cc(O)c3c2O[C@H](c2ccc(O)c(O)c2)[C@@H](O)C3)O1. The molecule has 0 radical (unpaired) electrons. The van der Waals surface area contributed by atoms with Gasteiger partial charge in [-0.25, -0.2) is 0 Å². The first-order chi connectivity index (χ1) is 25.7. The number of ether oxygens (including phenoxy) is 3. The summed E-state index contributed by atoms with van der Waals surface area (Å²) in [5, 5.41) is 119. The molecule has 0 saturated carbocycles. The molecule has 0 saturated heterocycles. The van der Waals surface area contributed by atoms with Gasteiger partial charge in [0.2, 0.25) is 0 Å². The first-order valence-electron chi connectivity index (χ1n) is 16.6. The maximum Gasteiger partial charge on any atom is 0.312 e. The van der Waals surface area contributed by atoms with Gasteiger partial charge in [-0.15, -0.1) is 0 Å². The number of hydrogen-bond donors (Lipinski definition) is 11. The van der Waals surface area contributed by atoms with Gasteiger partial charge in [-0.3, -0.25) is 4.79 Å². The smallest absolute Gasteiger partial charge is 0.312 e. The number of carbonyl (C=O) groups is 1. The third-order valence-electron chi connectivity index (χ3n) is 10.2. The molecule has 5 aromatic rings. The molecule has 0 aromatic heterocycles. The zero-order chi connectivity index (χ0) is 38.3. The second-order valence-electron chi connectivity index (χ2n) is 13.5. The van der Waals surface area contributed by atoms with Gasteiger partial charge in [0, 0.05) is 46.7 Å². The molecule has 0 amide bonds. The van der Waals surface area contributed by atoms with Crippen molar-refractivity contribution in [2.24, 2.45) is 0 Å². The summed E-state index contributed by atoms with van der Waals surface area (Å²) in [6.45, 7) is 0. The lowest BCUT2D eigenvalue weighted by Crippen LogP contribution is -2.37. The molecule has 278 valence electrons. The Bertz CT molecular complexity index is 2370. The Hall–Kier alpha value is -6.71. The van der Waals surface area contributed by atoms with Crippen LogP contribution in [-0.4, -0.2) is 74.3 Å². The Morgan fingerprint density at radius 1 is 0.500 bits per heavy atom. The molecule has 0 unspecified atom stereocenters. The number of rotatable bonds is 4. The van der Waals surface area contributed by atoms with E-state index in [2.05, 4.69) is 0 Å². The van der Waals surface area contributed by atoms with E-state index in [9.17, 15) is 61.0 Å². The Balaban J connectivity index is 1.39. The number of aliphatic hydroxyl groups is 2. The second-order valence-corrected chi connectivity index (χ2v) is 13.5. The van der Waals surface area contributed by atoms with Crippen LogP contribution in [0.25, 0.3) is 0 Å². The summed E-state index contributed by atoms with van der Waals surface area (Å²) < 4.78 is 18.3. The van der Waals surface area contributed by atoms with Crippen molar-refractivity contribution in [3.05, 3.63) is 106 Å². The van der Waals surface area contributed by atoms with Gasteiger partial charge in [0.25, 0.3) is 0 Å². The van der Waals surface area contributed by atoms with Crippen molar-refractivity contribution in [3.8, 4) is 69.0 Å². The number of phenols is 9. The number of hydrogen-bond acceptors (Lipinski definition) is 15. The van der Waals surface area contributed by atoms with Crippen LogP contribution >= 0.6 is 0 Å². The van der Waals surface area contributed by atoms with Crippen molar-refractivity contribution in [1.82, 2.24) is 0 Å². The summed E-state index contributed by atoms with van der Waals surface area (Å²) in [4.78, 5) is 12.9. The Morgan fingerprint density at radius 2 is 1.02 bits per heavy atom. The monoisotopic (exact) mass is 740 g/mol. The number of carbonyl (C=O) groups excluding carboxylic acids is 1. The van der Waals surface area contributed by atoms with Gasteiger partial charge >= 0.3 is 5.97 Å². The van der Waals surface area contributed by atoms with E-state index < -0.39 is 94.0 Å². The Labute approximate surface area is 304 Å². The standard InChI is InChI=1S/C39H32O15/c40-19-4-1-14(7-23(19)44)17-11-30(50)52-29-13-27(48)33-34(35(51)37(54-39(33)31(17)29)16-3-6-21(42)25(46)9-16)32-26(47)12-22(43)18-10-28(49)36(53-38(18)32)15-2-5-20(41)24(45)8-15/h1-9,12-13,17,28,34-37,40-49,51H,10-11H2/t17-,28+,34+,35+,36-,37-/m1/s1. The van der Waals surface area contributed by atoms with Gasteiger partial charge in [0.05, 0.1) is 18.4 Å². The number of esters is 1. The number of benzene rings is 5. The highest BCUT2D eigenvalue weighted by Crippen LogP contribution is 2.60. The summed E-state index contributed by atoms with van der Waals surface area (Å²) >= 11 is 0. The fraction of sp³-hybridized carbons (Fsp3) is 0.205. The van der Waals surface area contributed by atoms with E-state index in [4.69, 9.17) is 14.2 Å². The summed E-state index contributed by atoms with van der Waals surface area (Å²) in [5.41, 5.74) is 0.580. The molecule has 15 heteroatoms. The maximum absolute atomic E-state index is 12.9. The minimum atomic E-state index is -1.74. The molecular weight excluding hydrogens is 708 g/mol. The van der Waals surface area contributed by atoms with Crippen LogP contribution in [0.5, 0.6) is 69.0 Å². The van der Waals surface area contributed by atoms with Crippen LogP contribution in [-0.2, 0) is 11.2 Å². The highest BCUT2D eigenvalue weighted by molar-refractivity contribution is 5.81. The van der Waals surface area contributed by atoms with Crippen LogP contribution in [0.3, 0.4) is 0 Å². The minimum absolute atomic E-state index is 0.0254. The first kappa shape index (κ1) is 34.4. The first-order valence-corrected chi connectivity index (χ1v) is 16.6. The number of fused-ring (bicyclic) bond motifs is 4. The molecule has 6 atom stereocenters. The van der Waals surface area contributed by atoms with Gasteiger partial charge in [-0.05, 0) is 53.1 Å². The Kier molecular flexibility index (Phi) is 7.93. The molecular formula is C39H32O15. The molecule has 11 N–H and O–H groups in total. The van der Waals surface area contributed by atoms with Crippen molar-refractivity contribution < 1.29 is 75.2 Å². The van der Waals surface area contributed by atoms with Crippen LogP contribution in [0.1, 0.15) is 69.4 Å². The van der Waals surface area contributed by atoms with E-state index in [-0.39, 0.29) is 63.5 Å². The van der Waals surface area contributed by atoms with Crippen LogP contribution in [0.4, 0.5) is 0 Å². The van der Waals surface area contributed by atoms with Gasteiger partial charge in [-0.1, -0.05) is 18.2 Å². The van der Waals surface area contributed by atoms with Gasteiger partial charge < -0.3 is 70.4 Å². The minimum Gasteiger partial charge on any atom is -0.507 e. The van der Waals surface area contributed by atoms with E-state index in [1.807, 2.05) is 0 Å². The summed E-state index contributed by atoms with van der Waals surface area (Å²) in [7, 11) is 0. The molecule has 5 aromatic carbocycles. The van der Waals surface area contributed by atoms with Crippen molar-refractivity contribution in [1.29, 1.82) is 0 Å². The van der Waals surface area contributed by atoms with Crippen molar-refractivity contribution in [2.45, 2.75) is 49.1 Å². The second kappa shape index (κ2) is 12.5. The lowest BCUT2D eigenvalue weighted by molar-refractivity contribution is -0.135. The van der Waals surface area contributed by atoms with E-state index in [0.717, 1.165) is 24.3 Å². The average Bonchev–Trinajstić information content (AvgIpc) is 3.12.